The normalized spacial score (nSPS) is 33.0. The zero-order valence-corrected chi connectivity index (χ0v) is 11.6. The molecule has 0 unspecified atom stereocenters. The van der Waals surface area contributed by atoms with Crippen LogP contribution in [0.5, 0.6) is 0 Å². The van der Waals surface area contributed by atoms with Crippen molar-refractivity contribution in [1.82, 2.24) is 10.2 Å². The van der Waals surface area contributed by atoms with E-state index >= 15 is 0 Å². The van der Waals surface area contributed by atoms with Crippen molar-refractivity contribution < 1.29 is 0 Å². The van der Waals surface area contributed by atoms with Crippen LogP contribution in [0.4, 0.5) is 0 Å². The zero-order valence-electron chi connectivity index (χ0n) is 11.6. The molecule has 1 saturated carbocycles. The van der Waals surface area contributed by atoms with Gasteiger partial charge in [0.2, 0.25) is 0 Å². The number of nitrogens with zero attached hydrogens (tertiary/aromatic N) is 1. The molecular weight excluding hydrogens is 208 g/mol. The van der Waals surface area contributed by atoms with Crippen molar-refractivity contribution in [3.8, 4) is 0 Å². The van der Waals surface area contributed by atoms with Crippen LogP contribution in [0.15, 0.2) is 0 Å². The van der Waals surface area contributed by atoms with Crippen molar-refractivity contribution >= 4 is 0 Å². The zero-order chi connectivity index (χ0) is 11.9. The first-order valence-corrected chi connectivity index (χ1v) is 7.85. The summed E-state index contributed by atoms with van der Waals surface area (Å²) in [5, 5.41) is 3.51. The summed E-state index contributed by atoms with van der Waals surface area (Å²) in [4.78, 5) is 2.79. The molecule has 0 radical (unpaired) electrons. The lowest BCUT2D eigenvalue weighted by Gasteiger charge is -2.38. The highest BCUT2D eigenvalue weighted by Crippen LogP contribution is 2.30. The molecule has 0 atom stereocenters. The first kappa shape index (κ1) is 13.4. The maximum atomic E-state index is 3.51. The van der Waals surface area contributed by atoms with Crippen LogP contribution in [0.2, 0.25) is 0 Å². The standard InChI is InChI=1S/C15H30N2/c1-2-5-14-6-8-15(9-7-14)17-12-3-10-16-11-4-13-17/h14-16H,2-13H2,1H3. The molecule has 2 heteroatoms. The Bertz CT molecular complexity index is 189. The molecule has 1 aliphatic heterocycles. The van der Waals surface area contributed by atoms with Crippen molar-refractivity contribution in [1.29, 1.82) is 0 Å². The Hall–Kier alpha value is -0.0800. The molecule has 2 rings (SSSR count). The third-order valence-corrected chi connectivity index (χ3v) is 4.63. The van der Waals surface area contributed by atoms with Gasteiger partial charge >= 0.3 is 0 Å². The monoisotopic (exact) mass is 238 g/mol. The molecule has 0 amide bonds. The van der Waals surface area contributed by atoms with E-state index in [1.165, 1.54) is 77.5 Å². The molecule has 0 spiro atoms. The summed E-state index contributed by atoms with van der Waals surface area (Å²) < 4.78 is 0. The predicted octanol–water partition coefficient (Wildman–Crippen LogP) is 3.03. The van der Waals surface area contributed by atoms with Gasteiger partial charge in [-0.05, 0) is 70.6 Å². The minimum Gasteiger partial charge on any atom is -0.317 e. The fraction of sp³-hybridized carbons (Fsp3) is 1.00. The number of hydrogen-bond donors (Lipinski definition) is 1. The van der Waals surface area contributed by atoms with Crippen molar-refractivity contribution in [3.05, 3.63) is 0 Å². The summed E-state index contributed by atoms with van der Waals surface area (Å²) in [7, 11) is 0. The number of hydrogen-bond acceptors (Lipinski definition) is 2. The van der Waals surface area contributed by atoms with E-state index in [9.17, 15) is 0 Å². The average Bonchev–Trinajstić information content (AvgIpc) is 2.30. The van der Waals surface area contributed by atoms with E-state index in [0.717, 1.165) is 12.0 Å². The topological polar surface area (TPSA) is 15.3 Å². The summed E-state index contributed by atoms with van der Waals surface area (Å²) >= 11 is 0. The van der Waals surface area contributed by atoms with Crippen LogP contribution >= 0.6 is 0 Å². The fourth-order valence-electron chi connectivity index (χ4n) is 3.62. The summed E-state index contributed by atoms with van der Waals surface area (Å²) in [6.45, 7) is 7.44. The third-order valence-electron chi connectivity index (χ3n) is 4.63. The minimum absolute atomic E-state index is 0.918. The maximum absolute atomic E-state index is 3.51. The van der Waals surface area contributed by atoms with Gasteiger partial charge in [0.1, 0.15) is 0 Å². The molecule has 1 N–H and O–H groups in total. The SMILES string of the molecule is CCCC1CCC(N2CCCNCCC2)CC1. The van der Waals surface area contributed by atoms with Gasteiger partial charge in [-0.15, -0.1) is 0 Å². The Morgan fingerprint density at radius 1 is 1.00 bits per heavy atom. The summed E-state index contributed by atoms with van der Waals surface area (Å²) in [5.74, 6) is 1.05. The maximum Gasteiger partial charge on any atom is 0.00954 e. The van der Waals surface area contributed by atoms with Crippen molar-refractivity contribution in [2.75, 3.05) is 26.2 Å². The van der Waals surface area contributed by atoms with Crippen LogP contribution in [0.1, 0.15) is 58.3 Å². The van der Waals surface area contributed by atoms with E-state index in [-0.39, 0.29) is 0 Å². The highest BCUT2D eigenvalue weighted by molar-refractivity contribution is 4.80. The van der Waals surface area contributed by atoms with E-state index in [1.807, 2.05) is 0 Å². The molecule has 2 aliphatic rings. The lowest BCUT2D eigenvalue weighted by molar-refractivity contribution is 0.126. The second-order valence-electron chi connectivity index (χ2n) is 5.96. The quantitative estimate of drug-likeness (QED) is 0.813. The molecule has 1 saturated heterocycles. The van der Waals surface area contributed by atoms with Crippen molar-refractivity contribution in [3.63, 3.8) is 0 Å². The van der Waals surface area contributed by atoms with Gasteiger partial charge in [-0.2, -0.15) is 0 Å². The Morgan fingerprint density at radius 3 is 2.24 bits per heavy atom. The molecule has 100 valence electrons. The van der Waals surface area contributed by atoms with Gasteiger partial charge < -0.3 is 10.2 Å². The molecule has 2 nitrogen and oxygen atoms in total. The van der Waals surface area contributed by atoms with Gasteiger partial charge in [-0.1, -0.05) is 19.8 Å². The number of nitrogens with one attached hydrogen (secondary N) is 1. The third kappa shape index (κ3) is 4.26. The van der Waals surface area contributed by atoms with Gasteiger partial charge in [0.05, 0.1) is 0 Å². The fourth-order valence-corrected chi connectivity index (χ4v) is 3.62. The van der Waals surface area contributed by atoms with Gasteiger partial charge in [-0.25, -0.2) is 0 Å². The molecule has 0 aromatic carbocycles. The summed E-state index contributed by atoms with van der Waals surface area (Å²) in [6.07, 6.45) is 11.5. The Morgan fingerprint density at radius 2 is 1.65 bits per heavy atom. The predicted molar refractivity (Wildman–Crippen MR) is 74.3 cm³/mol. The molecule has 0 aromatic rings. The van der Waals surface area contributed by atoms with E-state index in [2.05, 4.69) is 17.1 Å². The minimum atomic E-state index is 0.918. The first-order valence-electron chi connectivity index (χ1n) is 7.85. The van der Waals surface area contributed by atoms with Crippen LogP contribution in [0, 0.1) is 5.92 Å². The van der Waals surface area contributed by atoms with Crippen LogP contribution in [-0.4, -0.2) is 37.1 Å². The smallest absolute Gasteiger partial charge is 0.00954 e. The Balaban J connectivity index is 1.74. The van der Waals surface area contributed by atoms with Gasteiger partial charge in [0, 0.05) is 6.04 Å². The number of rotatable bonds is 3. The van der Waals surface area contributed by atoms with Crippen molar-refractivity contribution in [2.45, 2.75) is 64.3 Å². The first-order chi connectivity index (χ1) is 8.40. The largest absolute Gasteiger partial charge is 0.317 e. The lowest BCUT2D eigenvalue weighted by Crippen LogP contribution is -2.42. The van der Waals surface area contributed by atoms with E-state index in [1.54, 1.807) is 0 Å². The molecular formula is C15H30N2. The van der Waals surface area contributed by atoms with Crippen LogP contribution in [0.25, 0.3) is 0 Å². The molecule has 2 fully saturated rings. The molecule has 0 aromatic heterocycles. The summed E-state index contributed by atoms with van der Waals surface area (Å²) in [5.41, 5.74) is 0. The second kappa shape index (κ2) is 7.38. The van der Waals surface area contributed by atoms with Crippen LogP contribution < -0.4 is 5.32 Å². The summed E-state index contributed by atoms with van der Waals surface area (Å²) in [6, 6.07) is 0.918. The molecule has 17 heavy (non-hydrogen) atoms. The highest BCUT2D eigenvalue weighted by atomic mass is 15.2. The highest BCUT2D eigenvalue weighted by Gasteiger charge is 2.25. The van der Waals surface area contributed by atoms with E-state index in [4.69, 9.17) is 0 Å². The second-order valence-corrected chi connectivity index (χ2v) is 5.96. The van der Waals surface area contributed by atoms with Crippen LogP contribution in [0.3, 0.4) is 0 Å². The van der Waals surface area contributed by atoms with Gasteiger partial charge in [0.25, 0.3) is 0 Å². The molecule has 1 heterocycles. The van der Waals surface area contributed by atoms with Gasteiger partial charge in [0.15, 0.2) is 0 Å². The molecule has 1 aliphatic carbocycles. The molecule has 0 bridgehead atoms. The van der Waals surface area contributed by atoms with Crippen LogP contribution in [-0.2, 0) is 0 Å². The van der Waals surface area contributed by atoms with Gasteiger partial charge in [-0.3, -0.25) is 0 Å². The van der Waals surface area contributed by atoms with E-state index in [0.29, 0.717) is 0 Å². The van der Waals surface area contributed by atoms with E-state index < -0.39 is 0 Å². The lowest BCUT2D eigenvalue weighted by atomic mass is 9.83. The van der Waals surface area contributed by atoms with Crippen molar-refractivity contribution in [2.24, 2.45) is 5.92 Å². The average molecular weight is 238 g/mol. The Labute approximate surface area is 107 Å². The Kier molecular flexibility index (Phi) is 5.79.